The van der Waals surface area contributed by atoms with Crippen molar-refractivity contribution >= 4 is 22.5 Å². The number of fused-ring (bicyclic) bond motifs is 1. The summed E-state index contributed by atoms with van der Waals surface area (Å²) in [7, 11) is 2.14. The van der Waals surface area contributed by atoms with Gasteiger partial charge in [-0.1, -0.05) is 12.8 Å². The van der Waals surface area contributed by atoms with E-state index < -0.39 is 0 Å². The molecule has 1 unspecified atom stereocenters. The first-order valence-corrected chi connectivity index (χ1v) is 12.2. The molecule has 3 heterocycles. The number of aryl methyl sites for hydroxylation is 1. The number of carbonyl (C=O) groups excluding carboxylic acids is 1. The van der Waals surface area contributed by atoms with E-state index in [1.165, 1.54) is 35.0 Å². The number of benzene rings is 1. The van der Waals surface area contributed by atoms with Crippen molar-refractivity contribution in [3.8, 4) is 6.07 Å². The van der Waals surface area contributed by atoms with E-state index in [4.69, 9.17) is 0 Å². The Kier molecular flexibility index (Phi) is 5.65. The molecular weight excluding hydrogens is 384 g/mol. The Morgan fingerprint density at radius 1 is 1.03 bits per heavy atom. The van der Waals surface area contributed by atoms with E-state index in [0.717, 1.165) is 64.7 Å². The van der Waals surface area contributed by atoms with Gasteiger partial charge in [-0.05, 0) is 68.2 Å². The average molecular weight is 419 g/mol. The lowest BCUT2D eigenvalue weighted by Gasteiger charge is -2.34. The van der Waals surface area contributed by atoms with Gasteiger partial charge in [0.2, 0.25) is 5.91 Å². The minimum atomic E-state index is 0.140. The summed E-state index contributed by atoms with van der Waals surface area (Å²) < 4.78 is 2.25. The summed E-state index contributed by atoms with van der Waals surface area (Å²) in [6.45, 7) is 3.66. The smallest absolute Gasteiger partial charge is 0.225 e. The number of aromatic nitrogens is 1. The van der Waals surface area contributed by atoms with Gasteiger partial charge < -0.3 is 14.4 Å². The van der Waals surface area contributed by atoms with Crippen molar-refractivity contribution in [1.29, 1.82) is 5.26 Å². The molecule has 1 aliphatic carbocycles. The summed E-state index contributed by atoms with van der Waals surface area (Å²) >= 11 is 0. The molecule has 1 amide bonds. The van der Waals surface area contributed by atoms with E-state index >= 15 is 0 Å². The second-order valence-electron chi connectivity index (χ2n) is 9.89. The number of nitrogens with zero attached hydrogens (tertiary/aromatic N) is 4. The van der Waals surface area contributed by atoms with Crippen LogP contribution in [0.15, 0.2) is 24.4 Å². The number of hydrogen-bond donors (Lipinski definition) is 0. The van der Waals surface area contributed by atoms with Crippen molar-refractivity contribution in [2.45, 2.75) is 57.3 Å². The molecule has 0 N–H and O–H groups in total. The lowest BCUT2D eigenvalue weighted by molar-refractivity contribution is -0.136. The highest BCUT2D eigenvalue weighted by Crippen LogP contribution is 2.37. The molecular formula is C26H34N4O. The zero-order chi connectivity index (χ0) is 21.4. The molecule has 31 heavy (non-hydrogen) atoms. The summed E-state index contributed by atoms with van der Waals surface area (Å²) in [4.78, 5) is 17.3. The Morgan fingerprint density at radius 2 is 1.81 bits per heavy atom. The quantitative estimate of drug-likeness (QED) is 0.718. The number of hydrogen-bond acceptors (Lipinski definition) is 3. The Bertz CT molecular complexity index is 989. The molecule has 2 aromatic rings. The minimum Gasteiger partial charge on any atom is -0.370 e. The Balaban J connectivity index is 1.34. The maximum Gasteiger partial charge on any atom is 0.225 e. The van der Waals surface area contributed by atoms with Crippen LogP contribution in [0.1, 0.15) is 62.8 Å². The van der Waals surface area contributed by atoms with Gasteiger partial charge in [-0.3, -0.25) is 4.79 Å². The number of rotatable bonds is 3. The van der Waals surface area contributed by atoms with Crippen LogP contribution in [0.5, 0.6) is 0 Å². The van der Waals surface area contributed by atoms with Gasteiger partial charge in [0.15, 0.2) is 0 Å². The molecule has 164 valence electrons. The Morgan fingerprint density at radius 3 is 2.55 bits per heavy atom. The lowest BCUT2D eigenvalue weighted by atomic mass is 9.88. The van der Waals surface area contributed by atoms with Gasteiger partial charge in [0, 0.05) is 61.9 Å². The Hall–Kier alpha value is -2.48. The van der Waals surface area contributed by atoms with E-state index in [1.807, 2.05) is 0 Å². The van der Waals surface area contributed by atoms with Gasteiger partial charge in [-0.15, -0.1) is 0 Å². The van der Waals surface area contributed by atoms with Crippen molar-refractivity contribution in [2.24, 2.45) is 18.9 Å². The number of anilines is 1. The second kappa shape index (κ2) is 8.57. The molecule has 0 spiro atoms. The summed E-state index contributed by atoms with van der Waals surface area (Å²) in [6, 6.07) is 9.27. The molecule has 5 heteroatoms. The SMILES string of the molecule is Cn1cc(C2CCN(C(=O)C3CCCC3)CC2)c2cc(N3CCCC(C#N)C3)ccc21. The first-order chi connectivity index (χ1) is 15.1. The van der Waals surface area contributed by atoms with Crippen LogP contribution in [-0.4, -0.2) is 41.6 Å². The van der Waals surface area contributed by atoms with Crippen LogP contribution in [0.2, 0.25) is 0 Å². The van der Waals surface area contributed by atoms with Gasteiger partial charge in [-0.25, -0.2) is 0 Å². The third-order valence-corrected chi connectivity index (χ3v) is 7.92. The van der Waals surface area contributed by atoms with Crippen LogP contribution in [-0.2, 0) is 11.8 Å². The van der Waals surface area contributed by atoms with Crippen molar-refractivity contribution < 1.29 is 4.79 Å². The number of nitriles is 1. The van der Waals surface area contributed by atoms with Gasteiger partial charge in [-0.2, -0.15) is 5.26 Å². The molecule has 0 radical (unpaired) electrons. The topological polar surface area (TPSA) is 52.3 Å². The maximum atomic E-state index is 12.8. The van der Waals surface area contributed by atoms with Gasteiger partial charge >= 0.3 is 0 Å². The lowest BCUT2D eigenvalue weighted by Crippen LogP contribution is -2.40. The molecule has 0 bridgehead atoms. The van der Waals surface area contributed by atoms with E-state index in [9.17, 15) is 10.1 Å². The average Bonchev–Trinajstić information content (AvgIpc) is 3.47. The van der Waals surface area contributed by atoms with Gasteiger partial charge in [0.1, 0.15) is 0 Å². The van der Waals surface area contributed by atoms with Crippen molar-refractivity contribution in [2.75, 3.05) is 31.1 Å². The van der Waals surface area contributed by atoms with Crippen molar-refractivity contribution in [1.82, 2.24) is 9.47 Å². The first-order valence-electron chi connectivity index (χ1n) is 12.2. The normalized spacial score (nSPS) is 23.4. The van der Waals surface area contributed by atoms with Crippen LogP contribution < -0.4 is 4.90 Å². The molecule has 1 aromatic heterocycles. The van der Waals surface area contributed by atoms with Crippen LogP contribution in [0.4, 0.5) is 5.69 Å². The van der Waals surface area contributed by atoms with E-state index in [2.05, 4.69) is 51.9 Å². The monoisotopic (exact) mass is 418 g/mol. The van der Waals surface area contributed by atoms with Crippen molar-refractivity contribution in [3.05, 3.63) is 30.0 Å². The van der Waals surface area contributed by atoms with Crippen LogP contribution >= 0.6 is 0 Å². The molecule has 1 aromatic carbocycles. The first kappa shape index (κ1) is 20.4. The number of amides is 1. The molecule has 5 nitrogen and oxygen atoms in total. The Labute approximate surface area is 185 Å². The third-order valence-electron chi connectivity index (χ3n) is 7.92. The highest BCUT2D eigenvalue weighted by molar-refractivity contribution is 5.88. The van der Waals surface area contributed by atoms with Gasteiger partial charge in [0.05, 0.1) is 12.0 Å². The van der Waals surface area contributed by atoms with E-state index in [-0.39, 0.29) is 5.92 Å². The highest BCUT2D eigenvalue weighted by atomic mass is 16.2. The van der Waals surface area contributed by atoms with Crippen molar-refractivity contribution in [3.63, 3.8) is 0 Å². The largest absolute Gasteiger partial charge is 0.370 e. The molecule has 2 aliphatic heterocycles. The zero-order valence-electron chi connectivity index (χ0n) is 18.7. The third kappa shape index (κ3) is 3.93. The molecule has 5 rings (SSSR count). The molecule has 1 saturated carbocycles. The summed E-state index contributed by atoms with van der Waals surface area (Å²) in [5.74, 6) is 1.35. The van der Waals surface area contributed by atoms with E-state index in [1.54, 1.807) is 0 Å². The number of likely N-dealkylation sites (tertiary alicyclic amines) is 1. The summed E-state index contributed by atoms with van der Waals surface area (Å²) in [5.41, 5.74) is 3.95. The van der Waals surface area contributed by atoms with Crippen LogP contribution in [0.3, 0.4) is 0 Å². The number of carbonyl (C=O) groups is 1. The second-order valence-corrected chi connectivity index (χ2v) is 9.89. The minimum absolute atomic E-state index is 0.140. The molecule has 2 saturated heterocycles. The van der Waals surface area contributed by atoms with Crippen LogP contribution in [0.25, 0.3) is 10.9 Å². The number of piperidine rings is 2. The maximum absolute atomic E-state index is 12.8. The fourth-order valence-electron chi connectivity index (χ4n) is 6.09. The van der Waals surface area contributed by atoms with E-state index in [0.29, 0.717) is 17.7 Å². The predicted octanol–water partition coefficient (Wildman–Crippen LogP) is 4.81. The fourth-order valence-corrected chi connectivity index (χ4v) is 6.09. The molecule has 1 atom stereocenters. The van der Waals surface area contributed by atoms with Gasteiger partial charge in [0.25, 0.3) is 0 Å². The highest BCUT2D eigenvalue weighted by Gasteiger charge is 2.31. The fraction of sp³-hybridized carbons (Fsp3) is 0.615. The molecule has 3 fully saturated rings. The van der Waals surface area contributed by atoms with Crippen LogP contribution in [0, 0.1) is 23.2 Å². The summed E-state index contributed by atoms with van der Waals surface area (Å²) in [5, 5.41) is 10.7. The zero-order valence-corrected chi connectivity index (χ0v) is 18.7. The molecule has 3 aliphatic rings. The predicted molar refractivity (Wildman–Crippen MR) is 124 cm³/mol. The summed E-state index contributed by atoms with van der Waals surface area (Å²) in [6.07, 6.45) is 11.2. The standard InChI is InChI=1S/C26H34N4O/c1-28-18-24(20-10-13-29(14-11-20)26(31)21-6-2-3-7-21)23-15-22(8-9-25(23)28)30-12-4-5-19(16-27)17-30/h8-9,15,18-21H,2-7,10-14,17H2,1H3.